The first-order chi connectivity index (χ1) is 12.8. The highest BCUT2D eigenvalue weighted by atomic mass is 16.5. The molecule has 0 aliphatic carbocycles. The van der Waals surface area contributed by atoms with Crippen molar-refractivity contribution in [3.8, 4) is 5.82 Å². The second kappa shape index (κ2) is 6.47. The Labute approximate surface area is 156 Å². The average molecular weight is 369 g/mol. The Morgan fingerprint density at radius 1 is 1.22 bits per heavy atom. The molecule has 2 aromatic heterocycles. The third kappa shape index (κ3) is 3.33. The van der Waals surface area contributed by atoms with Crippen LogP contribution in [0.3, 0.4) is 0 Å². The summed E-state index contributed by atoms with van der Waals surface area (Å²) in [5.41, 5.74) is 0.884. The number of aromatic amines is 1. The smallest absolute Gasteiger partial charge is 0.334 e. The van der Waals surface area contributed by atoms with Crippen LogP contribution in [0.4, 0.5) is 0 Å². The molecule has 142 valence electrons. The third-order valence-corrected chi connectivity index (χ3v) is 5.37. The third-order valence-electron chi connectivity index (χ3n) is 5.37. The quantitative estimate of drug-likeness (QED) is 0.746. The predicted octanol–water partition coefficient (Wildman–Crippen LogP) is 1.19. The van der Waals surface area contributed by atoms with Gasteiger partial charge >= 0.3 is 5.69 Å². The van der Waals surface area contributed by atoms with E-state index in [2.05, 4.69) is 40.8 Å². The fourth-order valence-corrected chi connectivity index (χ4v) is 3.56. The number of aromatic nitrogens is 3. The summed E-state index contributed by atoms with van der Waals surface area (Å²) < 4.78 is 6.65. The number of nitrogens with one attached hydrogen (secondary N) is 1. The summed E-state index contributed by atoms with van der Waals surface area (Å²) in [5, 5.41) is 4.77. The fourth-order valence-electron chi connectivity index (χ4n) is 3.56. The molecule has 1 saturated heterocycles. The molecule has 3 heterocycles. The van der Waals surface area contributed by atoms with Crippen LogP contribution in [0.15, 0.2) is 44.6 Å². The molecule has 1 N–H and O–H groups in total. The number of fused-ring (bicyclic) bond motifs is 1. The summed E-state index contributed by atoms with van der Waals surface area (Å²) in [7, 11) is 2.16. The second-order valence-corrected chi connectivity index (χ2v) is 7.76. The standard InChI is InChI=1S/C19H23N5O3/c1-19(2)12-23(9-8-22(19)3)11-13-4-5-15-14(10-13)17(21-27-15)24-7-6-16(25)20-18(24)26/h4-7,10H,8-9,11-12H2,1-3H3,(H,20,25,26). The largest absolute Gasteiger partial charge is 0.354 e. The van der Waals surface area contributed by atoms with E-state index in [1.165, 1.54) is 16.8 Å². The maximum Gasteiger partial charge on any atom is 0.334 e. The topological polar surface area (TPSA) is 87.4 Å². The average Bonchev–Trinajstić information content (AvgIpc) is 3.01. The van der Waals surface area contributed by atoms with Crippen molar-refractivity contribution >= 4 is 11.0 Å². The van der Waals surface area contributed by atoms with Crippen LogP contribution in [0.2, 0.25) is 0 Å². The van der Waals surface area contributed by atoms with Gasteiger partial charge in [0.1, 0.15) is 0 Å². The molecule has 4 rings (SSSR count). The van der Waals surface area contributed by atoms with Gasteiger partial charge in [0.15, 0.2) is 11.4 Å². The molecule has 0 bridgehead atoms. The minimum atomic E-state index is -0.538. The lowest BCUT2D eigenvalue weighted by molar-refractivity contribution is 0.0360. The maximum atomic E-state index is 12.1. The van der Waals surface area contributed by atoms with Crippen molar-refractivity contribution in [1.29, 1.82) is 0 Å². The van der Waals surface area contributed by atoms with Crippen molar-refractivity contribution in [3.63, 3.8) is 0 Å². The second-order valence-electron chi connectivity index (χ2n) is 7.76. The zero-order chi connectivity index (χ0) is 19.2. The first-order valence-electron chi connectivity index (χ1n) is 8.98. The molecule has 0 spiro atoms. The lowest BCUT2D eigenvalue weighted by atomic mass is 9.99. The number of benzene rings is 1. The first-order valence-corrected chi connectivity index (χ1v) is 8.98. The number of H-pyrrole nitrogens is 1. The summed E-state index contributed by atoms with van der Waals surface area (Å²) in [6, 6.07) is 7.19. The number of likely N-dealkylation sites (N-methyl/N-ethyl adjacent to an activating group) is 1. The number of rotatable bonds is 3. The van der Waals surface area contributed by atoms with Gasteiger partial charge in [0.2, 0.25) is 0 Å². The van der Waals surface area contributed by atoms with Crippen molar-refractivity contribution in [1.82, 2.24) is 24.5 Å². The van der Waals surface area contributed by atoms with E-state index in [4.69, 9.17) is 4.52 Å². The molecule has 3 aromatic rings. The molecule has 0 radical (unpaired) electrons. The molecule has 0 atom stereocenters. The summed E-state index contributed by atoms with van der Waals surface area (Å²) in [5.74, 6) is 0.381. The van der Waals surface area contributed by atoms with Gasteiger partial charge < -0.3 is 4.52 Å². The number of piperazine rings is 1. The van der Waals surface area contributed by atoms with Crippen molar-refractivity contribution in [2.75, 3.05) is 26.7 Å². The van der Waals surface area contributed by atoms with E-state index in [1.807, 2.05) is 18.2 Å². The van der Waals surface area contributed by atoms with Crippen molar-refractivity contribution in [3.05, 3.63) is 56.9 Å². The molecule has 0 saturated carbocycles. The summed E-state index contributed by atoms with van der Waals surface area (Å²) in [4.78, 5) is 30.5. The molecule has 0 amide bonds. The van der Waals surface area contributed by atoms with Crippen LogP contribution in [0.25, 0.3) is 16.8 Å². The molecular formula is C19H23N5O3. The van der Waals surface area contributed by atoms with Crippen LogP contribution in [0, 0.1) is 0 Å². The van der Waals surface area contributed by atoms with Crippen LogP contribution < -0.4 is 11.2 Å². The Kier molecular flexibility index (Phi) is 4.24. The highest BCUT2D eigenvalue weighted by Gasteiger charge is 2.30. The molecule has 1 fully saturated rings. The molecule has 27 heavy (non-hydrogen) atoms. The minimum absolute atomic E-state index is 0.133. The van der Waals surface area contributed by atoms with Crippen molar-refractivity contribution in [2.45, 2.75) is 25.9 Å². The van der Waals surface area contributed by atoms with Gasteiger partial charge in [-0.15, -0.1) is 0 Å². The molecule has 1 aliphatic rings. The molecule has 1 aliphatic heterocycles. The van der Waals surface area contributed by atoms with Crippen LogP contribution in [0.1, 0.15) is 19.4 Å². The van der Waals surface area contributed by atoms with Gasteiger partial charge in [0, 0.05) is 44.0 Å². The van der Waals surface area contributed by atoms with E-state index in [0.717, 1.165) is 37.1 Å². The number of hydrogen-bond donors (Lipinski definition) is 1. The molecular weight excluding hydrogens is 346 g/mol. The predicted molar refractivity (Wildman–Crippen MR) is 102 cm³/mol. The van der Waals surface area contributed by atoms with Crippen molar-refractivity contribution < 1.29 is 4.52 Å². The minimum Gasteiger partial charge on any atom is -0.354 e. The summed E-state index contributed by atoms with van der Waals surface area (Å²) in [6.45, 7) is 8.34. The fraction of sp³-hybridized carbons (Fsp3) is 0.421. The van der Waals surface area contributed by atoms with Crippen LogP contribution in [0.5, 0.6) is 0 Å². The number of nitrogens with zero attached hydrogens (tertiary/aromatic N) is 4. The van der Waals surface area contributed by atoms with Gasteiger partial charge in [-0.3, -0.25) is 19.6 Å². The van der Waals surface area contributed by atoms with E-state index >= 15 is 0 Å². The molecule has 8 nitrogen and oxygen atoms in total. The lowest BCUT2D eigenvalue weighted by Gasteiger charge is -2.45. The van der Waals surface area contributed by atoms with Gasteiger partial charge in [0.25, 0.3) is 5.56 Å². The first kappa shape index (κ1) is 17.7. The van der Waals surface area contributed by atoms with Crippen LogP contribution in [-0.4, -0.2) is 56.7 Å². The van der Waals surface area contributed by atoms with Gasteiger partial charge in [-0.25, -0.2) is 9.36 Å². The Balaban J connectivity index is 1.66. The molecule has 8 heteroatoms. The van der Waals surface area contributed by atoms with Crippen LogP contribution >= 0.6 is 0 Å². The van der Waals surface area contributed by atoms with E-state index in [9.17, 15) is 9.59 Å². The zero-order valence-corrected chi connectivity index (χ0v) is 15.7. The molecule has 1 aromatic carbocycles. The Morgan fingerprint density at radius 3 is 2.78 bits per heavy atom. The van der Waals surface area contributed by atoms with E-state index in [-0.39, 0.29) is 5.54 Å². The highest BCUT2D eigenvalue weighted by Crippen LogP contribution is 2.25. The maximum absolute atomic E-state index is 12.1. The normalized spacial score (nSPS) is 18.2. The Hall–Kier alpha value is -2.71. The summed E-state index contributed by atoms with van der Waals surface area (Å²) >= 11 is 0. The number of hydrogen-bond acceptors (Lipinski definition) is 6. The lowest BCUT2D eigenvalue weighted by Crippen LogP contribution is -2.57. The van der Waals surface area contributed by atoms with E-state index in [1.54, 1.807) is 0 Å². The van der Waals surface area contributed by atoms with Gasteiger partial charge in [-0.1, -0.05) is 11.2 Å². The van der Waals surface area contributed by atoms with Crippen molar-refractivity contribution in [2.24, 2.45) is 0 Å². The zero-order valence-electron chi connectivity index (χ0n) is 15.7. The summed E-state index contributed by atoms with van der Waals surface area (Å²) in [6.07, 6.45) is 1.41. The monoisotopic (exact) mass is 369 g/mol. The highest BCUT2D eigenvalue weighted by molar-refractivity contribution is 5.84. The van der Waals surface area contributed by atoms with Gasteiger partial charge in [-0.2, -0.15) is 0 Å². The molecule has 0 unspecified atom stereocenters. The van der Waals surface area contributed by atoms with Gasteiger partial charge in [0.05, 0.1) is 5.39 Å². The van der Waals surface area contributed by atoms with E-state index in [0.29, 0.717) is 11.4 Å². The SMILES string of the molecule is CN1CCN(Cc2ccc3onc(-n4ccc(=O)[nH]c4=O)c3c2)CC1(C)C. The Bertz CT molecular complexity index is 1090. The van der Waals surface area contributed by atoms with Gasteiger partial charge in [-0.05, 0) is 38.6 Å². The van der Waals surface area contributed by atoms with E-state index < -0.39 is 11.2 Å². The Morgan fingerprint density at radius 2 is 2.04 bits per heavy atom. The van der Waals surface area contributed by atoms with Crippen LogP contribution in [-0.2, 0) is 6.54 Å².